The Morgan fingerprint density at radius 2 is 2.15 bits per heavy atom. The Bertz CT molecular complexity index is 215. The van der Waals surface area contributed by atoms with Crippen LogP contribution in [0, 0.1) is 0 Å². The Morgan fingerprint density at radius 3 is 2.62 bits per heavy atom. The smallest absolute Gasteiger partial charge is 0.169 e. The van der Waals surface area contributed by atoms with Crippen LogP contribution in [0.4, 0.5) is 0 Å². The largest absolute Gasteiger partial charge is 0.347 e. The van der Waals surface area contributed by atoms with Crippen molar-refractivity contribution in [3.05, 3.63) is 10.6 Å². The highest BCUT2D eigenvalue weighted by atomic mass is 79.9. The summed E-state index contributed by atoms with van der Waals surface area (Å²) in [5.41, 5.74) is 1.47. The van der Waals surface area contributed by atoms with Crippen LogP contribution in [0.1, 0.15) is 32.6 Å². The summed E-state index contributed by atoms with van der Waals surface area (Å²) in [5, 5.41) is 0. The van der Waals surface area contributed by atoms with Crippen LogP contribution in [-0.4, -0.2) is 18.5 Å². The van der Waals surface area contributed by atoms with Gasteiger partial charge < -0.3 is 9.47 Å². The Kier molecular flexibility index (Phi) is 2.77. The molecule has 0 bridgehead atoms. The number of hydrogen-bond acceptors (Lipinski definition) is 2. The summed E-state index contributed by atoms with van der Waals surface area (Å²) in [6.45, 7) is 2.83. The summed E-state index contributed by atoms with van der Waals surface area (Å²) in [6, 6.07) is 0. The van der Waals surface area contributed by atoms with Crippen molar-refractivity contribution < 1.29 is 9.47 Å². The van der Waals surface area contributed by atoms with Crippen molar-refractivity contribution in [1.29, 1.82) is 0 Å². The van der Waals surface area contributed by atoms with E-state index >= 15 is 0 Å². The lowest BCUT2D eigenvalue weighted by atomic mass is 9.91. The molecule has 1 saturated carbocycles. The van der Waals surface area contributed by atoms with Gasteiger partial charge in [-0.1, -0.05) is 21.5 Å². The lowest BCUT2D eigenvalue weighted by molar-refractivity contribution is -0.180. The topological polar surface area (TPSA) is 18.5 Å². The van der Waals surface area contributed by atoms with Crippen molar-refractivity contribution >= 4 is 15.9 Å². The van der Waals surface area contributed by atoms with Crippen LogP contribution in [0.5, 0.6) is 0 Å². The molecule has 0 aromatic heterocycles. The fraction of sp³-hybridized carbons (Fsp3) is 0.800. The molecule has 1 saturated heterocycles. The minimum absolute atomic E-state index is 0.237. The lowest BCUT2D eigenvalue weighted by Gasteiger charge is -2.32. The third-order valence-corrected chi connectivity index (χ3v) is 3.45. The molecule has 0 N–H and O–H groups in total. The van der Waals surface area contributed by atoms with Crippen molar-refractivity contribution in [3.8, 4) is 0 Å². The van der Waals surface area contributed by atoms with Crippen molar-refractivity contribution in [2.75, 3.05) is 6.61 Å². The summed E-state index contributed by atoms with van der Waals surface area (Å²) < 4.78 is 11.5. The third kappa shape index (κ3) is 1.97. The maximum atomic E-state index is 5.82. The predicted molar refractivity (Wildman–Crippen MR) is 54.7 cm³/mol. The first-order chi connectivity index (χ1) is 6.24. The normalized spacial score (nSPS) is 39.8. The van der Waals surface area contributed by atoms with Gasteiger partial charge in [0.1, 0.15) is 0 Å². The molecule has 2 fully saturated rings. The van der Waals surface area contributed by atoms with Gasteiger partial charge >= 0.3 is 0 Å². The van der Waals surface area contributed by atoms with Crippen molar-refractivity contribution in [3.63, 3.8) is 0 Å². The Balaban J connectivity index is 1.97. The fourth-order valence-electron chi connectivity index (χ4n) is 2.03. The molecule has 2 aliphatic rings. The molecule has 0 radical (unpaired) electrons. The average Bonchev–Trinajstić information content (AvgIpc) is 2.49. The second-order valence-corrected chi connectivity index (χ2v) is 4.38. The highest BCUT2D eigenvalue weighted by Gasteiger charge is 2.41. The molecule has 74 valence electrons. The van der Waals surface area contributed by atoms with Crippen LogP contribution in [0.2, 0.25) is 0 Å². The first-order valence-electron chi connectivity index (χ1n) is 4.84. The van der Waals surface area contributed by atoms with Crippen LogP contribution in [0.25, 0.3) is 0 Å². The van der Waals surface area contributed by atoms with Crippen LogP contribution < -0.4 is 0 Å². The van der Waals surface area contributed by atoms with Crippen LogP contribution >= 0.6 is 15.9 Å². The van der Waals surface area contributed by atoms with Gasteiger partial charge in [-0.25, -0.2) is 0 Å². The van der Waals surface area contributed by atoms with Gasteiger partial charge in [-0.3, -0.25) is 0 Å². The number of allylic oxidation sites excluding steroid dienone is 1. The van der Waals surface area contributed by atoms with E-state index in [1.54, 1.807) is 0 Å². The maximum absolute atomic E-state index is 5.82. The van der Waals surface area contributed by atoms with Crippen LogP contribution in [0.3, 0.4) is 0 Å². The highest BCUT2D eigenvalue weighted by Crippen LogP contribution is 2.39. The molecule has 0 amide bonds. The van der Waals surface area contributed by atoms with E-state index in [0.29, 0.717) is 0 Å². The lowest BCUT2D eigenvalue weighted by Crippen LogP contribution is -2.33. The van der Waals surface area contributed by atoms with Gasteiger partial charge in [-0.2, -0.15) is 0 Å². The van der Waals surface area contributed by atoms with Crippen LogP contribution in [0.15, 0.2) is 10.6 Å². The van der Waals surface area contributed by atoms with E-state index in [2.05, 4.69) is 22.9 Å². The van der Waals surface area contributed by atoms with Gasteiger partial charge in [0.15, 0.2) is 5.79 Å². The van der Waals surface area contributed by atoms with Gasteiger partial charge in [-0.05, 0) is 24.8 Å². The van der Waals surface area contributed by atoms with Crippen molar-refractivity contribution in [1.82, 2.24) is 0 Å². The highest BCUT2D eigenvalue weighted by molar-refractivity contribution is 9.11. The van der Waals surface area contributed by atoms with E-state index in [1.165, 1.54) is 5.57 Å². The van der Waals surface area contributed by atoms with E-state index in [4.69, 9.17) is 9.47 Å². The minimum atomic E-state index is -0.237. The summed E-state index contributed by atoms with van der Waals surface area (Å²) in [4.78, 5) is 2.04. The summed E-state index contributed by atoms with van der Waals surface area (Å²) in [6.07, 6.45) is 4.48. The molecular weight excluding hydrogens is 232 g/mol. The molecule has 1 heterocycles. The Labute approximate surface area is 87.4 Å². The van der Waals surface area contributed by atoms with Gasteiger partial charge in [0.25, 0.3) is 0 Å². The zero-order valence-electron chi connectivity index (χ0n) is 7.88. The Morgan fingerprint density at radius 1 is 1.46 bits per heavy atom. The number of ether oxygens (including phenoxy) is 2. The SMILES string of the molecule is CC1COC2(CCC(=CBr)CC2)O1. The third-order valence-electron chi connectivity index (χ3n) is 2.81. The first-order valence-corrected chi connectivity index (χ1v) is 5.76. The average molecular weight is 247 g/mol. The van der Waals surface area contributed by atoms with Gasteiger partial charge in [0.2, 0.25) is 0 Å². The van der Waals surface area contributed by atoms with E-state index in [1.807, 2.05) is 4.99 Å². The number of halogens is 1. The molecule has 0 aromatic carbocycles. The van der Waals surface area contributed by atoms with E-state index in [-0.39, 0.29) is 11.9 Å². The zero-order chi connectivity index (χ0) is 9.31. The Hall–Kier alpha value is 0.140. The monoisotopic (exact) mass is 246 g/mol. The van der Waals surface area contributed by atoms with Gasteiger partial charge in [0, 0.05) is 12.8 Å². The van der Waals surface area contributed by atoms with Gasteiger partial charge in [-0.15, -0.1) is 0 Å². The molecule has 0 aromatic rings. The molecule has 2 rings (SSSR count). The van der Waals surface area contributed by atoms with E-state index < -0.39 is 0 Å². The molecule has 1 unspecified atom stereocenters. The van der Waals surface area contributed by atoms with Crippen molar-refractivity contribution in [2.45, 2.75) is 44.5 Å². The molecule has 1 spiro atoms. The molecule has 3 heteroatoms. The maximum Gasteiger partial charge on any atom is 0.169 e. The fourth-order valence-corrected chi connectivity index (χ4v) is 2.49. The first kappa shape index (κ1) is 9.69. The quantitative estimate of drug-likeness (QED) is 0.655. The molecule has 1 atom stereocenters. The summed E-state index contributed by atoms with van der Waals surface area (Å²) in [5.74, 6) is -0.237. The molecule has 1 aliphatic heterocycles. The molecule has 2 nitrogen and oxygen atoms in total. The molecule has 13 heavy (non-hydrogen) atoms. The number of hydrogen-bond donors (Lipinski definition) is 0. The zero-order valence-corrected chi connectivity index (χ0v) is 9.47. The molecule has 1 aliphatic carbocycles. The second kappa shape index (κ2) is 3.71. The van der Waals surface area contributed by atoms with E-state index in [0.717, 1.165) is 32.3 Å². The van der Waals surface area contributed by atoms with E-state index in [9.17, 15) is 0 Å². The standard InChI is InChI=1S/C10H15BrO2/c1-8-7-12-10(13-8)4-2-9(6-11)3-5-10/h6,8H,2-5,7H2,1H3. The molecular formula is C10H15BrO2. The predicted octanol–water partition coefficient (Wildman–Crippen LogP) is 2.97. The van der Waals surface area contributed by atoms with Gasteiger partial charge in [0.05, 0.1) is 12.7 Å². The second-order valence-electron chi connectivity index (χ2n) is 3.92. The van der Waals surface area contributed by atoms with Crippen molar-refractivity contribution in [2.24, 2.45) is 0 Å². The summed E-state index contributed by atoms with van der Waals surface area (Å²) >= 11 is 3.38. The van der Waals surface area contributed by atoms with Crippen LogP contribution in [-0.2, 0) is 9.47 Å². The summed E-state index contributed by atoms with van der Waals surface area (Å²) in [7, 11) is 0. The minimum Gasteiger partial charge on any atom is -0.347 e. The number of rotatable bonds is 0.